The van der Waals surface area contributed by atoms with Gasteiger partial charge in [-0.15, -0.1) is 0 Å². The van der Waals surface area contributed by atoms with E-state index in [4.69, 9.17) is 9.72 Å². The Balaban J connectivity index is 1.65. The largest absolute Gasteiger partial charge is 0.497 e. The number of benzene rings is 1. The molecule has 1 unspecified atom stereocenters. The van der Waals surface area contributed by atoms with Crippen LogP contribution in [0.3, 0.4) is 0 Å². The van der Waals surface area contributed by atoms with E-state index in [9.17, 15) is 8.42 Å². The third-order valence-corrected chi connectivity index (χ3v) is 7.18. The molecule has 0 saturated carbocycles. The molecule has 0 radical (unpaired) electrons. The first-order valence-corrected chi connectivity index (χ1v) is 11.3. The summed E-state index contributed by atoms with van der Waals surface area (Å²) in [6.07, 6.45) is 4.33. The molecule has 4 rings (SSSR count). The first-order valence-electron chi connectivity index (χ1n) is 9.84. The Morgan fingerprint density at radius 2 is 2.10 bits per heavy atom. The summed E-state index contributed by atoms with van der Waals surface area (Å²) in [6.45, 7) is 6.07. The molecule has 0 spiro atoms. The fourth-order valence-corrected chi connectivity index (χ4v) is 5.46. The number of imidazole rings is 1. The van der Waals surface area contributed by atoms with Crippen molar-refractivity contribution in [3.8, 4) is 5.75 Å². The van der Waals surface area contributed by atoms with E-state index in [0.717, 1.165) is 29.8 Å². The molecule has 0 bridgehead atoms. The van der Waals surface area contributed by atoms with Crippen molar-refractivity contribution in [2.75, 3.05) is 20.2 Å². The van der Waals surface area contributed by atoms with E-state index in [2.05, 4.69) is 23.4 Å². The number of pyridine rings is 1. The Bertz CT molecular complexity index is 1120. The summed E-state index contributed by atoms with van der Waals surface area (Å²) in [5.41, 5.74) is 1.91. The number of aromatic nitrogens is 3. The predicted octanol–water partition coefficient (Wildman–Crippen LogP) is 3.27. The van der Waals surface area contributed by atoms with E-state index >= 15 is 0 Å². The second-order valence-electron chi connectivity index (χ2n) is 7.87. The lowest BCUT2D eigenvalue weighted by Gasteiger charge is -2.18. The maximum atomic E-state index is 13.1. The van der Waals surface area contributed by atoms with Crippen LogP contribution in [0.1, 0.15) is 32.0 Å². The quantitative estimate of drug-likeness (QED) is 0.619. The molecule has 1 aliphatic heterocycles. The van der Waals surface area contributed by atoms with Crippen LogP contribution in [-0.4, -0.2) is 47.5 Å². The molecule has 3 heterocycles. The third kappa shape index (κ3) is 3.74. The van der Waals surface area contributed by atoms with Crippen LogP contribution in [0.5, 0.6) is 5.75 Å². The van der Waals surface area contributed by atoms with Gasteiger partial charge in [-0.25, -0.2) is 13.4 Å². The number of sulfonamides is 1. The molecule has 2 aromatic heterocycles. The van der Waals surface area contributed by atoms with Crippen LogP contribution in [0.2, 0.25) is 0 Å². The highest BCUT2D eigenvalue weighted by Crippen LogP contribution is 2.33. The average molecular weight is 415 g/mol. The van der Waals surface area contributed by atoms with Gasteiger partial charge < -0.3 is 9.30 Å². The second kappa shape index (κ2) is 7.76. The van der Waals surface area contributed by atoms with E-state index in [0.29, 0.717) is 24.8 Å². The Hall–Kier alpha value is -2.45. The predicted molar refractivity (Wildman–Crippen MR) is 111 cm³/mol. The van der Waals surface area contributed by atoms with Gasteiger partial charge in [-0.2, -0.15) is 4.31 Å². The monoisotopic (exact) mass is 414 g/mol. The molecule has 3 aromatic rings. The van der Waals surface area contributed by atoms with E-state index in [1.165, 1.54) is 7.11 Å². The lowest BCUT2D eigenvalue weighted by Crippen LogP contribution is -2.29. The SMILES string of the molecule is COc1cccc(S(=O)(=O)N2CCC(c3nc4ccncc4n3CC(C)C)C2)c1. The maximum Gasteiger partial charge on any atom is 0.243 e. The highest BCUT2D eigenvalue weighted by molar-refractivity contribution is 7.89. The van der Waals surface area contributed by atoms with Crippen molar-refractivity contribution >= 4 is 21.1 Å². The van der Waals surface area contributed by atoms with Gasteiger partial charge in [0.25, 0.3) is 0 Å². The zero-order valence-corrected chi connectivity index (χ0v) is 17.8. The van der Waals surface area contributed by atoms with E-state index in [-0.39, 0.29) is 10.8 Å². The number of rotatable bonds is 6. The molecule has 0 amide bonds. The Labute approximate surface area is 171 Å². The van der Waals surface area contributed by atoms with Crippen molar-refractivity contribution in [1.29, 1.82) is 0 Å². The summed E-state index contributed by atoms with van der Waals surface area (Å²) in [6, 6.07) is 8.55. The number of ether oxygens (including phenoxy) is 1. The van der Waals surface area contributed by atoms with Crippen LogP contribution < -0.4 is 4.74 Å². The van der Waals surface area contributed by atoms with Crippen LogP contribution in [0.4, 0.5) is 0 Å². The summed E-state index contributed by atoms with van der Waals surface area (Å²) >= 11 is 0. The minimum atomic E-state index is -3.57. The van der Waals surface area contributed by atoms with Crippen molar-refractivity contribution in [2.24, 2.45) is 5.92 Å². The van der Waals surface area contributed by atoms with Crippen LogP contribution in [-0.2, 0) is 16.6 Å². The fourth-order valence-electron chi connectivity index (χ4n) is 3.93. The standard InChI is InChI=1S/C21H26N4O3S/c1-15(2)13-25-20-12-22-9-7-19(20)23-21(25)16-8-10-24(14-16)29(26,27)18-6-4-5-17(11-18)28-3/h4-7,9,11-12,15-16H,8,10,13-14H2,1-3H3. The highest BCUT2D eigenvalue weighted by atomic mass is 32.2. The molecule has 1 aliphatic rings. The normalized spacial score (nSPS) is 18.0. The van der Waals surface area contributed by atoms with Gasteiger partial charge in [-0.1, -0.05) is 19.9 Å². The highest BCUT2D eigenvalue weighted by Gasteiger charge is 2.35. The molecule has 1 fully saturated rings. The van der Waals surface area contributed by atoms with E-state index in [1.54, 1.807) is 34.8 Å². The van der Waals surface area contributed by atoms with Gasteiger partial charge in [0.2, 0.25) is 10.0 Å². The Kier molecular flexibility index (Phi) is 5.31. The number of hydrogen-bond donors (Lipinski definition) is 0. The van der Waals surface area contributed by atoms with Gasteiger partial charge >= 0.3 is 0 Å². The maximum absolute atomic E-state index is 13.1. The van der Waals surface area contributed by atoms with Crippen LogP contribution >= 0.6 is 0 Å². The topological polar surface area (TPSA) is 77.3 Å². The van der Waals surface area contributed by atoms with Crippen molar-refractivity contribution < 1.29 is 13.2 Å². The Morgan fingerprint density at radius 1 is 1.28 bits per heavy atom. The minimum Gasteiger partial charge on any atom is -0.497 e. The van der Waals surface area contributed by atoms with Gasteiger partial charge in [0.1, 0.15) is 11.6 Å². The van der Waals surface area contributed by atoms with Gasteiger partial charge in [-0.05, 0) is 30.5 Å². The fraction of sp³-hybridized carbons (Fsp3) is 0.429. The molecule has 1 saturated heterocycles. The van der Waals surface area contributed by atoms with Gasteiger partial charge in [0, 0.05) is 37.8 Å². The minimum absolute atomic E-state index is 0.0570. The van der Waals surface area contributed by atoms with Gasteiger partial charge in [-0.3, -0.25) is 4.98 Å². The van der Waals surface area contributed by atoms with Crippen molar-refractivity contribution in [3.63, 3.8) is 0 Å². The summed E-state index contributed by atoms with van der Waals surface area (Å²) in [5.74, 6) is 1.99. The number of fused-ring (bicyclic) bond motifs is 1. The van der Waals surface area contributed by atoms with Crippen molar-refractivity contribution in [1.82, 2.24) is 18.8 Å². The zero-order valence-electron chi connectivity index (χ0n) is 16.9. The first kappa shape index (κ1) is 19.8. The molecular weight excluding hydrogens is 388 g/mol. The molecule has 1 atom stereocenters. The number of hydrogen-bond acceptors (Lipinski definition) is 5. The second-order valence-corrected chi connectivity index (χ2v) is 9.80. The summed E-state index contributed by atoms with van der Waals surface area (Å²) in [5, 5.41) is 0. The van der Waals surface area contributed by atoms with Gasteiger partial charge in [0.05, 0.1) is 29.2 Å². The lowest BCUT2D eigenvalue weighted by atomic mass is 10.1. The number of nitrogens with zero attached hydrogens (tertiary/aromatic N) is 4. The van der Waals surface area contributed by atoms with E-state index < -0.39 is 10.0 Å². The lowest BCUT2D eigenvalue weighted by molar-refractivity contribution is 0.412. The van der Waals surface area contributed by atoms with Crippen LogP contribution in [0.25, 0.3) is 11.0 Å². The molecule has 1 aromatic carbocycles. The molecule has 0 aliphatic carbocycles. The molecule has 154 valence electrons. The first-order chi connectivity index (χ1) is 13.9. The molecule has 8 heteroatoms. The smallest absolute Gasteiger partial charge is 0.243 e. The summed E-state index contributed by atoms with van der Waals surface area (Å²) < 4.78 is 35.2. The molecule has 7 nitrogen and oxygen atoms in total. The third-order valence-electron chi connectivity index (χ3n) is 5.32. The van der Waals surface area contributed by atoms with Crippen LogP contribution in [0, 0.1) is 5.92 Å². The summed E-state index contributed by atoms with van der Waals surface area (Å²) in [4.78, 5) is 9.36. The molecular formula is C21H26N4O3S. The zero-order chi connectivity index (χ0) is 20.6. The average Bonchev–Trinajstić information content (AvgIpc) is 3.33. The van der Waals surface area contributed by atoms with Crippen LogP contribution in [0.15, 0.2) is 47.6 Å². The van der Waals surface area contributed by atoms with Crippen molar-refractivity contribution in [3.05, 3.63) is 48.5 Å². The Morgan fingerprint density at radius 3 is 2.86 bits per heavy atom. The number of methoxy groups -OCH3 is 1. The molecule has 29 heavy (non-hydrogen) atoms. The van der Waals surface area contributed by atoms with E-state index in [1.807, 2.05) is 12.3 Å². The van der Waals surface area contributed by atoms with Crippen molar-refractivity contribution in [2.45, 2.75) is 37.6 Å². The van der Waals surface area contributed by atoms with Gasteiger partial charge in [0.15, 0.2) is 0 Å². The summed E-state index contributed by atoms with van der Waals surface area (Å²) in [7, 11) is -2.04. The molecule has 0 N–H and O–H groups in total.